The van der Waals surface area contributed by atoms with Gasteiger partial charge in [0.2, 0.25) is 0 Å². The smallest absolute Gasteiger partial charge is 0.255 e. The number of rotatable bonds is 3. The highest BCUT2D eigenvalue weighted by molar-refractivity contribution is 6.30. The van der Waals surface area contributed by atoms with Crippen LogP contribution < -0.4 is 10.1 Å². The first-order valence-electron chi connectivity index (χ1n) is 5.79. The van der Waals surface area contributed by atoms with Gasteiger partial charge in [-0.3, -0.25) is 4.79 Å². The van der Waals surface area contributed by atoms with Gasteiger partial charge in [-0.2, -0.15) is 5.26 Å². The van der Waals surface area contributed by atoms with Crippen molar-refractivity contribution in [3.8, 4) is 11.8 Å². The first-order valence-corrected chi connectivity index (χ1v) is 6.17. The fraction of sp³-hybridized carbons (Fsp3) is 0.0667. The van der Waals surface area contributed by atoms with Crippen LogP contribution in [0, 0.1) is 11.3 Å². The van der Waals surface area contributed by atoms with Crippen LogP contribution in [0.25, 0.3) is 0 Å². The number of carbonyl (C=O) groups excluding carboxylic acids is 1. The molecule has 2 aromatic rings. The lowest BCUT2D eigenvalue weighted by Crippen LogP contribution is -2.12. The van der Waals surface area contributed by atoms with Crippen LogP contribution in [0.3, 0.4) is 0 Å². The fourth-order valence-electron chi connectivity index (χ4n) is 1.66. The van der Waals surface area contributed by atoms with E-state index in [1.54, 1.807) is 42.5 Å². The Morgan fingerprint density at radius 1 is 1.25 bits per heavy atom. The van der Waals surface area contributed by atoms with Crippen LogP contribution in [0.5, 0.6) is 5.75 Å². The molecule has 0 atom stereocenters. The zero-order chi connectivity index (χ0) is 14.5. The largest absolute Gasteiger partial charge is 0.495 e. The number of amides is 1. The summed E-state index contributed by atoms with van der Waals surface area (Å²) >= 11 is 5.78. The van der Waals surface area contributed by atoms with Gasteiger partial charge in [0.05, 0.1) is 24.4 Å². The summed E-state index contributed by atoms with van der Waals surface area (Å²) in [7, 11) is 1.48. The number of hydrogen-bond acceptors (Lipinski definition) is 3. The van der Waals surface area contributed by atoms with E-state index in [1.807, 2.05) is 6.07 Å². The molecule has 0 aliphatic rings. The first kappa shape index (κ1) is 13.9. The Kier molecular flexibility index (Phi) is 4.24. The zero-order valence-corrected chi connectivity index (χ0v) is 11.4. The van der Waals surface area contributed by atoms with E-state index in [-0.39, 0.29) is 5.91 Å². The van der Waals surface area contributed by atoms with Crippen molar-refractivity contribution in [3.63, 3.8) is 0 Å². The van der Waals surface area contributed by atoms with Crippen molar-refractivity contribution in [3.05, 3.63) is 58.6 Å². The number of anilines is 1. The highest BCUT2D eigenvalue weighted by Crippen LogP contribution is 2.26. The van der Waals surface area contributed by atoms with Crippen LogP contribution in [0.2, 0.25) is 5.02 Å². The molecule has 5 heteroatoms. The van der Waals surface area contributed by atoms with E-state index in [2.05, 4.69) is 5.32 Å². The van der Waals surface area contributed by atoms with Crippen LogP contribution in [0.15, 0.2) is 42.5 Å². The van der Waals surface area contributed by atoms with Crippen molar-refractivity contribution in [1.82, 2.24) is 0 Å². The molecule has 100 valence electrons. The van der Waals surface area contributed by atoms with Crippen LogP contribution >= 0.6 is 11.6 Å². The minimum Gasteiger partial charge on any atom is -0.495 e. The van der Waals surface area contributed by atoms with E-state index < -0.39 is 0 Å². The molecule has 2 rings (SSSR count). The third-order valence-corrected chi connectivity index (χ3v) is 2.94. The predicted molar refractivity (Wildman–Crippen MR) is 77.1 cm³/mol. The Hall–Kier alpha value is -2.51. The monoisotopic (exact) mass is 286 g/mol. The molecular weight excluding hydrogens is 276 g/mol. The molecule has 0 aliphatic heterocycles. The summed E-state index contributed by atoms with van der Waals surface area (Å²) in [6.07, 6.45) is 0. The molecule has 2 aromatic carbocycles. The van der Waals surface area contributed by atoms with E-state index in [0.29, 0.717) is 27.6 Å². The van der Waals surface area contributed by atoms with Crippen LogP contribution in [0.1, 0.15) is 15.9 Å². The summed E-state index contributed by atoms with van der Waals surface area (Å²) in [6.45, 7) is 0. The van der Waals surface area contributed by atoms with E-state index in [1.165, 1.54) is 7.11 Å². The number of methoxy groups -OCH3 is 1. The lowest BCUT2D eigenvalue weighted by molar-refractivity contribution is 0.102. The number of nitrogens with zero attached hydrogens (tertiary/aromatic N) is 1. The van der Waals surface area contributed by atoms with Gasteiger partial charge in [0.25, 0.3) is 5.91 Å². The van der Waals surface area contributed by atoms with Crippen LogP contribution in [-0.4, -0.2) is 13.0 Å². The molecule has 1 amide bonds. The average molecular weight is 287 g/mol. The average Bonchev–Trinajstić information content (AvgIpc) is 2.48. The molecule has 0 saturated carbocycles. The lowest BCUT2D eigenvalue weighted by Gasteiger charge is -2.10. The molecule has 1 N–H and O–H groups in total. The van der Waals surface area contributed by atoms with Gasteiger partial charge >= 0.3 is 0 Å². The van der Waals surface area contributed by atoms with Crippen molar-refractivity contribution in [2.45, 2.75) is 0 Å². The molecule has 0 fully saturated rings. The quantitative estimate of drug-likeness (QED) is 0.939. The van der Waals surface area contributed by atoms with E-state index in [9.17, 15) is 4.79 Å². The third kappa shape index (κ3) is 3.08. The zero-order valence-electron chi connectivity index (χ0n) is 10.7. The Morgan fingerprint density at radius 2 is 1.95 bits per heavy atom. The van der Waals surface area contributed by atoms with Crippen LogP contribution in [0.4, 0.5) is 5.69 Å². The second kappa shape index (κ2) is 6.09. The Bertz CT molecular complexity index is 675. The maximum Gasteiger partial charge on any atom is 0.255 e. The van der Waals surface area contributed by atoms with E-state index in [0.717, 1.165) is 0 Å². The summed E-state index contributed by atoms with van der Waals surface area (Å²) < 4.78 is 5.16. The summed E-state index contributed by atoms with van der Waals surface area (Å²) in [5.74, 6) is 0.163. The molecule has 0 unspecified atom stereocenters. The minimum atomic E-state index is -0.273. The van der Waals surface area contributed by atoms with Crippen LogP contribution in [-0.2, 0) is 0 Å². The number of ether oxygens (including phenoxy) is 1. The molecule has 0 aliphatic carbocycles. The topological polar surface area (TPSA) is 62.1 Å². The van der Waals surface area contributed by atoms with E-state index >= 15 is 0 Å². The van der Waals surface area contributed by atoms with Gasteiger partial charge in [-0.25, -0.2) is 0 Å². The molecule has 0 spiro atoms. The van der Waals surface area contributed by atoms with Gasteiger partial charge in [-0.1, -0.05) is 11.6 Å². The Labute approximate surface area is 121 Å². The van der Waals surface area contributed by atoms with Gasteiger partial charge in [0.1, 0.15) is 5.75 Å². The summed E-state index contributed by atoms with van der Waals surface area (Å²) in [5, 5.41) is 12.1. The van der Waals surface area contributed by atoms with Gasteiger partial charge in [0, 0.05) is 16.7 Å². The van der Waals surface area contributed by atoms with Gasteiger partial charge in [0.15, 0.2) is 0 Å². The fourth-order valence-corrected chi connectivity index (χ4v) is 1.79. The van der Waals surface area contributed by atoms with Crippen molar-refractivity contribution in [2.75, 3.05) is 12.4 Å². The Balaban J connectivity index is 2.23. The minimum absolute atomic E-state index is 0.273. The molecule has 0 bridgehead atoms. The summed E-state index contributed by atoms with van der Waals surface area (Å²) in [5.41, 5.74) is 1.46. The second-order valence-electron chi connectivity index (χ2n) is 3.99. The molecule has 0 aromatic heterocycles. The second-order valence-corrected chi connectivity index (χ2v) is 4.42. The number of hydrogen-bond donors (Lipinski definition) is 1. The molecule has 0 radical (unpaired) electrons. The summed E-state index contributed by atoms with van der Waals surface area (Å²) in [4.78, 5) is 12.1. The SMILES string of the molecule is COc1cc(C#N)ccc1NC(=O)c1ccc(Cl)cc1. The highest BCUT2D eigenvalue weighted by Gasteiger charge is 2.10. The summed E-state index contributed by atoms with van der Waals surface area (Å²) in [6, 6.07) is 13.4. The maximum absolute atomic E-state index is 12.1. The maximum atomic E-state index is 12.1. The first-order chi connectivity index (χ1) is 9.63. The number of nitriles is 1. The molecule has 0 heterocycles. The standard InChI is InChI=1S/C15H11ClN2O2/c1-20-14-8-10(9-17)2-7-13(14)18-15(19)11-3-5-12(16)6-4-11/h2-8H,1H3,(H,18,19). The number of benzene rings is 2. The van der Waals surface area contributed by atoms with Crippen molar-refractivity contribution < 1.29 is 9.53 Å². The third-order valence-electron chi connectivity index (χ3n) is 2.69. The van der Waals surface area contributed by atoms with Gasteiger partial charge < -0.3 is 10.1 Å². The normalized spacial score (nSPS) is 9.65. The predicted octanol–water partition coefficient (Wildman–Crippen LogP) is 3.47. The molecular formula is C15H11ClN2O2. The Morgan fingerprint density at radius 3 is 2.55 bits per heavy atom. The number of halogens is 1. The number of nitrogens with one attached hydrogen (secondary N) is 1. The van der Waals surface area contributed by atoms with E-state index in [4.69, 9.17) is 21.6 Å². The molecule has 0 saturated heterocycles. The molecule has 20 heavy (non-hydrogen) atoms. The highest BCUT2D eigenvalue weighted by atomic mass is 35.5. The van der Waals surface area contributed by atoms with Crippen molar-refractivity contribution in [2.24, 2.45) is 0 Å². The number of carbonyl (C=O) groups is 1. The lowest BCUT2D eigenvalue weighted by atomic mass is 10.1. The van der Waals surface area contributed by atoms with Crippen molar-refractivity contribution in [1.29, 1.82) is 5.26 Å². The van der Waals surface area contributed by atoms with Gasteiger partial charge in [-0.15, -0.1) is 0 Å². The van der Waals surface area contributed by atoms with Crippen molar-refractivity contribution >= 4 is 23.2 Å². The molecule has 4 nitrogen and oxygen atoms in total. The van der Waals surface area contributed by atoms with Gasteiger partial charge in [-0.05, 0) is 36.4 Å².